The van der Waals surface area contributed by atoms with Crippen LogP contribution in [0.2, 0.25) is 0 Å². The molecule has 1 aromatic heterocycles. The summed E-state index contributed by atoms with van der Waals surface area (Å²) in [6.07, 6.45) is -1.73. The number of hydrogen-bond donors (Lipinski definition) is 1. The molecule has 2 aromatic carbocycles. The van der Waals surface area contributed by atoms with Gasteiger partial charge >= 0.3 is 0 Å². The molecular formula is C21H17F4N3O4. The van der Waals surface area contributed by atoms with E-state index in [2.05, 4.69) is 15.3 Å². The molecule has 11 heteroatoms. The Kier molecular flexibility index (Phi) is 5.22. The van der Waals surface area contributed by atoms with Gasteiger partial charge in [-0.3, -0.25) is 0 Å². The van der Waals surface area contributed by atoms with Crippen LogP contribution in [0.1, 0.15) is 0 Å². The molecular weight excluding hydrogens is 434 g/mol. The van der Waals surface area contributed by atoms with E-state index in [0.717, 1.165) is 0 Å². The molecule has 2 fully saturated rings. The fourth-order valence-electron chi connectivity index (χ4n) is 3.84. The third kappa shape index (κ3) is 3.56. The van der Waals surface area contributed by atoms with Crippen LogP contribution in [0.15, 0.2) is 30.6 Å². The molecule has 0 spiro atoms. The van der Waals surface area contributed by atoms with E-state index in [4.69, 9.17) is 18.9 Å². The lowest BCUT2D eigenvalue weighted by Crippen LogP contribution is -2.33. The van der Waals surface area contributed by atoms with E-state index in [1.807, 2.05) is 0 Å². The lowest BCUT2D eigenvalue weighted by atomic mass is 10.1. The topological polar surface area (TPSA) is 74.7 Å². The van der Waals surface area contributed by atoms with Crippen molar-refractivity contribution >= 4 is 22.4 Å². The fourth-order valence-corrected chi connectivity index (χ4v) is 3.84. The molecule has 0 bridgehead atoms. The molecule has 3 heterocycles. The standard InChI is InChI=1S/C21H17F4N3O4/c1-29-16-2-9-14(5-17(16)32-18-7-31-19-13(25)6-30-20(18)19)26-8-27-21(9)28-15-4-11(23)10(22)3-12(15)24/h2-5,8,13,18-20H,6-7H2,1H3,(H,26,27,28)/t13-,18?,19+,20+/m1/s1. The Morgan fingerprint density at radius 1 is 0.938 bits per heavy atom. The fraction of sp³-hybridized carbons (Fsp3) is 0.333. The summed E-state index contributed by atoms with van der Waals surface area (Å²) in [5.74, 6) is -2.72. The largest absolute Gasteiger partial charge is 0.493 e. The van der Waals surface area contributed by atoms with Crippen molar-refractivity contribution in [1.82, 2.24) is 9.97 Å². The monoisotopic (exact) mass is 451 g/mol. The first-order valence-corrected chi connectivity index (χ1v) is 9.73. The number of ether oxygens (including phenoxy) is 4. The van der Waals surface area contributed by atoms with Crippen LogP contribution in [-0.4, -0.2) is 54.8 Å². The van der Waals surface area contributed by atoms with Crippen molar-refractivity contribution in [2.75, 3.05) is 25.6 Å². The van der Waals surface area contributed by atoms with Gasteiger partial charge in [-0.15, -0.1) is 0 Å². The predicted molar refractivity (Wildman–Crippen MR) is 104 cm³/mol. The second-order valence-electron chi connectivity index (χ2n) is 7.38. The van der Waals surface area contributed by atoms with Gasteiger partial charge in [0, 0.05) is 23.6 Å². The zero-order valence-corrected chi connectivity index (χ0v) is 16.6. The Balaban J connectivity index is 1.47. The van der Waals surface area contributed by atoms with Gasteiger partial charge in [-0.2, -0.15) is 0 Å². The van der Waals surface area contributed by atoms with Gasteiger partial charge < -0.3 is 24.3 Å². The second kappa shape index (κ2) is 8.06. The van der Waals surface area contributed by atoms with Gasteiger partial charge in [-0.1, -0.05) is 0 Å². The Morgan fingerprint density at radius 3 is 2.53 bits per heavy atom. The summed E-state index contributed by atoms with van der Waals surface area (Å²) in [6.45, 7) is 0.107. The molecule has 7 nitrogen and oxygen atoms in total. The Morgan fingerprint density at radius 2 is 1.72 bits per heavy atom. The van der Waals surface area contributed by atoms with Crippen molar-refractivity contribution in [2.24, 2.45) is 0 Å². The maximum absolute atomic E-state index is 14.1. The average Bonchev–Trinajstić information content (AvgIpc) is 3.35. The summed E-state index contributed by atoms with van der Waals surface area (Å²) in [5, 5.41) is 3.07. The molecule has 32 heavy (non-hydrogen) atoms. The average molecular weight is 451 g/mol. The summed E-state index contributed by atoms with van der Waals surface area (Å²) in [6, 6.07) is 4.28. The van der Waals surface area contributed by atoms with Gasteiger partial charge in [-0.25, -0.2) is 27.5 Å². The Hall–Kier alpha value is -3.18. The molecule has 0 aliphatic carbocycles. The Labute approximate surface area is 179 Å². The van der Waals surface area contributed by atoms with E-state index in [1.54, 1.807) is 12.1 Å². The Bertz CT molecular complexity index is 1180. The van der Waals surface area contributed by atoms with E-state index in [1.165, 1.54) is 13.4 Å². The second-order valence-corrected chi connectivity index (χ2v) is 7.38. The lowest BCUT2D eigenvalue weighted by molar-refractivity contribution is 0.0271. The van der Waals surface area contributed by atoms with Crippen molar-refractivity contribution < 1.29 is 36.5 Å². The molecule has 2 saturated heterocycles. The van der Waals surface area contributed by atoms with Crippen LogP contribution in [0.25, 0.3) is 10.9 Å². The highest BCUT2D eigenvalue weighted by Crippen LogP contribution is 2.38. The minimum Gasteiger partial charge on any atom is -0.493 e. The number of nitrogens with one attached hydrogen (secondary N) is 1. The van der Waals surface area contributed by atoms with Gasteiger partial charge in [0.25, 0.3) is 0 Å². The molecule has 1 unspecified atom stereocenters. The number of alkyl halides is 1. The summed E-state index contributed by atoms with van der Waals surface area (Å²) >= 11 is 0. The first kappa shape index (κ1) is 20.7. The highest BCUT2D eigenvalue weighted by Gasteiger charge is 2.49. The smallest absolute Gasteiger partial charge is 0.164 e. The molecule has 4 atom stereocenters. The van der Waals surface area contributed by atoms with Crippen LogP contribution < -0.4 is 14.8 Å². The highest BCUT2D eigenvalue weighted by atomic mass is 19.2. The number of methoxy groups -OCH3 is 1. The van der Waals surface area contributed by atoms with Gasteiger partial charge in [-0.05, 0) is 6.07 Å². The van der Waals surface area contributed by atoms with Crippen LogP contribution in [0.5, 0.6) is 11.5 Å². The number of halogens is 4. The third-order valence-electron chi connectivity index (χ3n) is 5.41. The molecule has 3 aromatic rings. The van der Waals surface area contributed by atoms with E-state index in [0.29, 0.717) is 34.5 Å². The van der Waals surface area contributed by atoms with Crippen LogP contribution >= 0.6 is 0 Å². The van der Waals surface area contributed by atoms with E-state index in [9.17, 15) is 17.6 Å². The minimum absolute atomic E-state index is 0.0488. The summed E-state index contributed by atoms with van der Waals surface area (Å²) in [4.78, 5) is 8.26. The first-order valence-electron chi connectivity index (χ1n) is 9.73. The molecule has 2 aliphatic rings. The van der Waals surface area contributed by atoms with Crippen molar-refractivity contribution in [3.8, 4) is 11.5 Å². The molecule has 0 radical (unpaired) electrons. The van der Waals surface area contributed by atoms with Crippen LogP contribution in [-0.2, 0) is 9.47 Å². The highest BCUT2D eigenvalue weighted by molar-refractivity contribution is 5.93. The number of nitrogens with zero attached hydrogens (tertiary/aromatic N) is 2. The third-order valence-corrected chi connectivity index (χ3v) is 5.41. The number of aromatic nitrogens is 2. The zero-order valence-electron chi connectivity index (χ0n) is 16.6. The number of benzene rings is 2. The molecule has 168 valence electrons. The molecule has 0 saturated carbocycles. The van der Waals surface area contributed by atoms with Crippen LogP contribution in [0.3, 0.4) is 0 Å². The van der Waals surface area contributed by atoms with Gasteiger partial charge in [0.2, 0.25) is 0 Å². The van der Waals surface area contributed by atoms with Gasteiger partial charge in [0.15, 0.2) is 35.4 Å². The molecule has 2 aliphatic heterocycles. The van der Waals surface area contributed by atoms with Crippen LogP contribution in [0.4, 0.5) is 29.1 Å². The normalized spacial score (nSPS) is 24.5. The summed E-state index contributed by atoms with van der Waals surface area (Å²) in [5.41, 5.74) is 0.115. The quantitative estimate of drug-likeness (QED) is 0.469. The van der Waals surface area contributed by atoms with Gasteiger partial charge in [0.1, 0.15) is 30.2 Å². The lowest BCUT2D eigenvalue weighted by Gasteiger charge is -2.20. The van der Waals surface area contributed by atoms with E-state index >= 15 is 0 Å². The summed E-state index contributed by atoms with van der Waals surface area (Å²) < 4.78 is 77.0. The minimum atomic E-state index is -1.30. The van der Waals surface area contributed by atoms with Gasteiger partial charge in [0.05, 0.1) is 31.5 Å². The van der Waals surface area contributed by atoms with E-state index < -0.39 is 41.9 Å². The molecule has 5 rings (SSSR count). The first-order chi connectivity index (χ1) is 15.4. The van der Waals surface area contributed by atoms with Crippen molar-refractivity contribution in [2.45, 2.75) is 24.5 Å². The van der Waals surface area contributed by atoms with E-state index in [-0.39, 0.29) is 24.7 Å². The SMILES string of the molecule is COc1cc2c(Nc3cc(F)c(F)cc3F)ncnc2cc1OC1CO[C@H]2[C@H](F)CO[C@@H]12. The number of anilines is 2. The molecule has 0 amide bonds. The molecule has 1 N–H and O–H groups in total. The van der Waals surface area contributed by atoms with Crippen molar-refractivity contribution in [3.63, 3.8) is 0 Å². The number of rotatable bonds is 5. The maximum Gasteiger partial charge on any atom is 0.164 e. The predicted octanol–water partition coefficient (Wildman–Crippen LogP) is 3.68. The summed E-state index contributed by atoms with van der Waals surface area (Å²) in [7, 11) is 1.43. The van der Waals surface area contributed by atoms with Crippen LogP contribution in [0, 0.1) is 17.5 Å². The number of hydrogen-bond acceptors (Lipinski definition) is 7. The van der Waals surface area contributed by atoms with Crippen molar-refractivity contribution in [3.05, 3.63) is 48.0 Å². The zero-order chi connectivity index (χ0) is 22.4. The number of fused-ring (bicyclic) bond motifs is 2. The maximum atomic E-state index is 14.1. The van der Waals surface area contributed by atoms with Crippen molar-refractivity contribution in [1.29, 1.82) is 0 Å².